The van der Waals surface area contributed by atoms with Crippen LogP contribution in [0.1, 0.15) is 35.6 Å². The summed E-state index contributed by atoms with van der Waals surface area (Å²) in [5.41, 5.74) is 3.73. The highest BCUT2D eigenvalue weighted by atomic mass is 35.5. The fourth-order valence-electron chi connectivity index (χ4n) is 3.56. The zero-order valence-corrected chi connectivity index (χ0v) is 15.2. The molecular formula is C18H16ClN3O2S. The summed E-state index contributed by atoms with van der Waals surface area (Å²) in [6.07, 6.45) is 5.55. The number of nitriles is 1. The average Bonchev–Trinajstić information content (AvgIpc) is 3.40. The van der Waals surface area contributed by atoms with Crippen molar-refractivity contribution >= 4 is 21.6 Å². The van der Waals surface area contributed by atoms with Gasteiger partial charge in [-0.3, -0.25) is 4.98 Å². The molecule has 128 valence electrons. The van der Waals surface area contributed by atoms with Crippen LogP contribution in [0.15, 0.2) is 30.6 Å². The van der Waals surface area contributed by atoms with E-state index >= 15 is 0 Å². The van der Waals surface area contributed by atoms with E-state index in [4.69, 9.17) is 16.9 Å². The van der Waals surface area contributed by atoms with E-state index in [0.717, 1.165) is 35.1 Å². The minimum Gasteiger partial charge on any atom is -0.264 e. The standard InChI is InChI=1S/C18H16ClN3O2S/c1-22-18(11-2-3-11)15-9-21-8-14(16(15)10-25(22,23)24)12-4-5-13(7-20)17(19)6-12/h4-6,8-9,11,18H,2-3,10H2,1H3. The highest BCUT2D eigenvalue weighted by molar-refractivity contribution is 7.88. The van der Waals surface area contributed by atoms with Gasteiger partial charge in [0.25, 0.3) is 0 Å². The maximum absolute atomic E-state index is 12.7. The third-order valence-corrected chi connectivity index (χ3v) is 7.11. The molecule has 1 unspecified atom stereocenters. The molecule has 1 atom stereocenters. The van der Waals surface area contributed by atoms with Crippen LogP contribution in [0.25, 0.3) is 11.1 Å². The summed E-state index contributed by atoms with van der Waals surface area (Å²) in [6.45, 7) is 0. The van der Waals surface area contributed by atoms with E-state index in [0.29, 0.717) is 16.5 Å². The molecule has 0 spiro atoms. The lowest BCUT2D eigenvalue weighted by atomic mass is 9.93. The lowest BCUT2D eigenvalue weighted by molar-refractivity contribution is 0.331. The minimum absolute atomic E-state index is 0.0441. The first-order valence-electron chi connectivity index (χ1n) is 8.05. The topological polar surface area (TPSA) is 74.1 Å². The van der Waals surface area contributed by atoms with Crippen LogP contribution in [0.2, 0.25) is 5.02 Å². The van der Waals surface area contributed by atoms with Gasteiger partial charge in [-0.2, -0.15) is 9.57 Å². The number of halogens is 1. The molecule has 0 N–H and O–H groups in total. The van der Waals surface area contributed by atoms with Gasteiger partial charge in [0.1, 0.15) is 6.07 Å². The number of rotatable bonds is 2. The molecule has 1 saturated carbocycles. The Morgan fingerprint density at radius 2 is 2.08 bits per heavy atom. The van der Waals surface area contributed by atoms with Crippen LogP contribution in [0.5, 0.6) is 0 Å². The molecule has 1 fully saturated rings. The third-order valence-electron chi connectivity index (χ3n) is 5.04. The third kappa shape index (κ3) is 2.73. The fraction of sp³-hybridized carbons (Fsp3) is 0.333. The van der Waals surface area contributed by atoms with Crippen LogP contribution in [0, 0.1) is 17.2 Å². The Labute approximate surface area is 151 Å². The predicted octanol–water partition coefficient (Wildman–Crippen LogP) is 3.50. The highest BCUT2D eigenvalue weighted by Gasteiger charge is 2.44. The minimum atomic E-state index is -3.36. The molecule has 0 amide bonds. The van der Waals surface area contributed by atoms with Gasteiger partial charge < -0.3 is 0 Å². The van der Waals surface area contributed by atoms with Crippen molar-refractivity contribution in [2.75, 3.05) is 7.05 Å². The van der Waals surface area contributed by atoms with Gasteiger partial charge in [-0.1, -0.05) is 17.7 Å². The molecule has 0 saturated heterocycles. The predicted molar refractivity (Wildman–Crippen MR) is 95.2 cm³/mol. The van der Waals surface area contributed by atoms with E-state index in [9.17, 15) is 8.42 Å². The van der Waals surface area contributed by atoms with E-state index < -0.39 is 10.0 Å². The van der Waals surface area contributed by atoms with Crippen molar-refractivity contribution in [1.29, 1.82) is 5.26 Å². The monoisotopic (exact) mass is 373 g/mol. The Balaban J connectivity index is 1.90. The molecular weight excluding hydrogens is 358 g/mol. The molecule has 4 rings (SSSR count). The Morgan fingerprint density at radius 3 is 2.72 bits per heavy atom. The Kier molecular flexibility index (Phi) is 3.84. The van der Waals surface area contributed by atoms with Gasteiger partial charge in [0.05, 0.1) is 22.4 Å². The second-order valence-corrected chi connectivity index (χ2v) is 9.05. The van der Waals surface area contributed by atoms with Crippen molar-refractivity contribution in [3.8, 4) is 17.2 Å². The molecule has 0 bridgehead atoms. The number of pyridine rings is 1. The first-order chi connectivity index (χ1) is 11.9. The summed E-state index contributed by atoms with van der Waals surface area (Å²) in [4.78, 5) is 4.36. The van der Waals surface area contributed by atoms with Crippen LogP contribution < -0.4 is 0 Å². The van der Waals surface area contributed by atoms with Gasteiger partial charge in [0, 0.05) is 25.0 Å². The lowest BCUT2D eigenvalue weighted by Crippen LogP contribution is -2.38. The first-order valence-corrected chi connectivity index (χ1v) is 10.0. The van der Waals surface area contributed by atoms with Gasteiger partial charge in [-0.25, -0.2) is 8.42 Å². The maximum Gasteiger partial charge on any atom is 0.218 e. The van der Waals surface area contributed by atoms with Crippen molar-refractivity contribution in [3.05, 3.63) is 52.3 Å². The van der Waals surface area contributed by atoms with Crippen LogP contribution in [0.4, 0.5) is 0 Å². The number of nitrogens with zero attached hydrogens (tertiary/aromatic N) is 3. The summed E-state index contributed by atoms with van der Waals surface area (Å²) in [6, 6.07) is 7.04. The summed E-state index contributed by atoms with van der Waals surface area (Å²) in [7, 11) is -1.70. The maximum atomic E-state index is 12.7. The molecule has 2 aromatic rings. The van der Waals surface area contributed by atoms with Gasteiger partial charge in [-0.15, -0.1) is 0 Å². The van der Waals surface area contributed by atoms with Crippen molar-refractivity contribution in [2.45, 2.75) is 24.6 Å². The Morgan fingerprint density at radius 1 is 1.32 bits per heavy atom. The van der Waals surface area contributed by atoms with Crippen LogP contribution in [-0.4, -0.2) is 24.8 Å². The highest BCUT2D eigenvalue weighted by Crippen LogP contribution is 2.49. The van der Waals surface area contributed by atoms with Crippen molar-refractivity contribution in [3.63, 3.8) is 0 Å². The molecule has 0 radical (unpaired) electrons. The van der Waals surface area contributed by atoms with Gasteiger partial charge in [0.2, 0.25) is 10.0 Å². The smallest absolute Gasteiger partial charge is 0.218 e. The number of hydrogen-bond donors (Lipinski definition) is 0. The number of aromatic nitrogens is 1. The van der Waals surface area contributed by atoms with E-state index in [1.165, 1.54) is 4.31 Å². The van der Waals surface area contributed by atoms with Crippen molar-refractivity contribution in [1.82, 2.24) is 9.29 Å². The van der Waals surface area contributed by atoms with Crippen LogP contribution in [0.3, 0.4) is 0 Å². The summed E-state index contributed by atoms with van der Waals surface area (Å²) in [5, 5.41) is 9.39. The number of fused-ring (bicyclic) bond motifs is 1. The molecule has 5 nitrogen and oxygen atoms in total. The quantitative estimate of drug-likeness (QED) is 0.807. The largest absolute Gasteiger partial charge is 0.264 e. The second kappa shape index (κ2) is 5.80. The molecule has 2 heterocycles. The average molecular weight is 374 g/mol. The second-order valence-electron chi connectivity index (χ2n) is 6.62. The molecule has 1 aromatic carbocycles. The van der Waals surface area contributed by atoms with E-state index in [2.05, 4.69) is 4.98 Å². The number of hydrogen-bond acceptors (Lipinski definition) is 4. The van der Waals surface area contributed by atoms with E-state index in [1.807, 2.05) is 6.07 Å². The summed E-state index contributed by atoms with van der Waals surface area (Å²) in [5.74, 6) is 0.317. The Bertz CT molecular complexity index is 1010. The van der Waals surface area contributed by atoms with Crippen LogP contribution >= 0.6 is 11.6 Å². The number of benzene rings is 1. The molecule has 1 aromatic heterocycles. The number of sulfonamides is 1. The first kappa shape index (κ1) is 16.5. The SMILES string of the molecule is CN1C(C2CC2)c2cncc(-c3ccc(C#N)c(Cl)c3)c2CS1(=O)=O. The zero-order valence-electron chi connectivity index (χ0n) is 13.6. The van der Waals surface area contributed by atoms with Crippen LogP contribution in [-0.2, 0) is 15.8 Å². The van der Waals surface area contributed by atoms with E-state index in [-0.39, 0.29) is 11.8 Å². The molecule has 25 heavy (non-hydrogen) atoms. The fourth-order valence-corrected chi connectivity index (χ4v) is 5.30. The zero-order chi connectivity index (χ0) is 17.8. The Hall–Kier alpha value is -1.94. The summed E-state index contributed by atoms with van der Waals surface area (Å²) >= 11 is 6.16. The summed E-state index contributed by atoms with van der Waals surface area (Å²) < 4.78 is 26.9. The van der Waals surface area contributed by atoms with Crippen molar-refractivity contribution < 1.29 is 8.42 Å². The lowest BCUT2D eigenvalue weighted by Gasteiger charge is -2.34. The molecule has 2 aliphatic rings. The van der Waals surface area contributed by atoms with Gasteiger partial charge >= 0.3 is 0 Å². The van der Waals surface area contributed by atoms with Crippen molar-refractivity contribution in [2.24, 2.45) is 5.92 Å². The van der Waals surface area contributed by atoms with Gasteiger partial charge in [-0.05, 0) is 47.6 Å². The van der Waals surface area contributed by atoms with E-state index in [1.54, 1.807) is 37.6 Å². The molecule has 7 heteroatoms. The molecule has 1 aliphatic heterocycles. The van der Waals surface area contributed by atoms with Gasteiger partial charge in [0.15, 0.2) is 0 Å². The molecule has 1 aliphatic carbocycles. The normalized spacial score (nSPS) is 22.2.